The summed E-state index contributed by atoms with van der Waals surface area (Å²) in [6.45, 7) is 1.27. The molecule has 2 aromatic rings. The number of amides is 1. The average Bonchev–Trinajstić information content (AvgIpc) is 2.86. The minimum atomic E-state index is -3.88. The Morgan fingerprint density at radius 1 is 1.30 bits per heavy atom. The molecule has 0 spiro atoms. The molecule has 23 heavy (non-hydrogen) atoms. The molecule has 0 saturated carbocycles. The lowest BCUT2D eigenvalue weighted by Crippen LogP contribution is -2.27. The Labute approximate surface area is 139 Å². The SMILES string of the molecule is CNS(=O)(=O)OCC(=O)Nc1nc(C)c(Cc2ccccc2)s1. The molecule has 124 valence electrons. The number of rotatable bonds is 7. The monoisotopic (exact) mass is 355 g/mol. The summed E-state index contributed by atoms with van der Waals surface area (Å²) in [4.78, 5) is 17.0. The van der Waals surface area contributed by atoms with Crippen LogP contribution in [0.15, 0.2) is 30.3 Å². The van der Waals surface area contributed by atoms with Gasteiger partial charge in [-0.2, -0.15) is 13.1 Å². The zero-order valence-electron chi connectivity index (χ0n) is 12.7. The van der Waals surface area contributed by atoms with E-state index in [0.717, 1.165) is 22.6 Å². The van der Waals surface area contributed by atoms with Crippen LogP contribution in [0.1, 0.15) is 16.1 Å². The van der Waals surface area contributed by atoms with Gasteiger partial charge in [-0.1, -0.05) is 30.3 Å². The molecular weight excluding hydrogens is 338 g/mol. The molecular formula is C14H17N3O4S2. The van der Waals surface area contributed by atoms with Crippen molar-refractivity contribution in [2.24, 2.45) is 0 Å². The van der Waals surface area contributed by atoms with Crippen molar-refractivity contribution in [2.45, 2.75) is 13.3 Å². The number of carbonyl (C=O) groups is 1. The summed E-state index contributed by atoms with van der Waals surface area (Å²) in [7, 11) is -2.68. The Balaban J connectivity index is 1.97. The topological polar surface area (TPSA) is 97.4 Å². The van der Waals surface area contributed by atoms with E-state index in [1.165, 1.54) is 18.4 Å². The highest BCUT2D eigenvalue weighted by molar-refractivity contribution is 7.84. The Hall–Kier alpha value is -1.81. The lowest BCUT2D eigenvalue weighted by Gasteiger charge is -2.03. The number of thiazole rings is 1. The van der Waals surface area contributed by atoms with Gasteiger partial charge >= 0.3 is 10.3 Å². The number of nitrogens with one attached hydrogen (secondary N) is 2. The predicted molar refractivity (Wildman–Crippen MR) is 88.7 cm³/mol. The summed E-state index contributed by atoms with van der Waals surface area (Å²) in [5, 5.41) is 2.96. The normalized spacial score (nSPS) is 11.4. The smallest absolute Gasteiger partial charge is 0.300 e. The fraction of sp³-hybridized carbons (Fsp3) is 0.286. The molecule has 0 unspecified atom stereocenters. The van der Waals surface area contributed by atoms with Gasteiger partial charge in [0.2, 0.25) is 0 Å². The van der Waals surface area contributed by atoms with Crippen molar-refractivity contribution in [1.29, 1.82) is 0 Å². The summed E-state index contributed by atoms with van der Waals surface area (Å²) < 4.78 is 28.6. The average molecular weight is 355 g/mol. The summed E-state index contributed by atoms with van der Waals surface area (Å²) in [6.07, 6.45) is 0.727. The fourth-order valence-electron chi connectivity index (χ4n) is 1.77. The number of carbonyl (C=O) groups excluding carboxylic acids is 1. The minimum Gasteiger partial charge on any atom is -0.300 e. The lowest BCUT2D eigenvalue weighted by molar-refractivity contribution is -0.118. The largest absolute Gasteiger partial charge is 0.336 e. The number of aryl methyl sites for hydroxylation is 1. The van der Waals surface area contributed by atoms with Crippen molar-refractivity contribution in [2.75, 3.05) is 19.0 Å². The van der Waals surface area contributed by atoms with Crippen LogP contribution in [-0.4, -0.2) is 33.0 Å². The summed E-state index contributed by atoms with van der Waals surface area (Å²) >= 11 is 1.36. The highest BCUT2D eigenvalue weighted by Crippen LogP contribution is 2.25. The van der Waals surface area contributed by atoms with Crippen molar-refractivity contribution in [3.05, 3.63) is 46.5 Å². The summed E-state index contributed by atoms with van der Waals surface area (Å²) in [5.74, 6) is -0.580. The molecule has 0 aliphatic rings. The standard InChI is InChI=1S/C14H17N3O4S2/c1-10-12(8-11-6-4-3-5-7-11)22-14(16-10)17-13(18)9-21-23(19,20)15-2/h3-7,15H,8-9H2,1-2H3,(H,16,17,18). The van der Waals surface area contributed by atoms with Gasteiger partial charge in [0.1, 0.15) is 6.61 Å². The first-order valence-electron chi connectivity index (χ1n) is 6.77. The van der Waals surface area contributed by atoms with Crippen LogP contribution in [-0.2, 0) is 25.7 Å². The van der Waals surface area contributed by atoms with Crippen molar-refractivity contribution in [1.82, 2.24) is 9.71 Å². The second-order valence-corrected chi connectivity index (χ2v) is 7.29. The second kappa shape index (κ2) is 7.64. The molecule has 1 aromatic carbocycles. The molecule has 2 rings (SSSR count). The molecule has 0 aliphatic carbocycles. The van der Waals surface area contributed by atoms with Crippen LogP contribution < -0.4 is 10.0 Å². The fourth-order valence-corrected chi connectivity index (χ4v) is 3.17. The van der Waals surface area contributed by atoms with E-state index < -0.39 is 22.8 Å². The molecule has 7 nitrogen and oxygen atoms in total. The Bertz CT molecular complexity index is 773. The van der Waals surface area contributed by atoms with E-state index >= 15 is 0 Å². The van der Waals surface area contributed by atoms with Crippen molar-refractivity contribution >= 4 is 32.7 Å². The molecule has 2 N–H and O–H groups in total. The van der Waals surface area contributed by atoms with Crippen molar-refractivity contribution in [3.63, 3.8) is 0 Å². The molecule has 0 aliphatic heterocycles. The molecule has 1 heterocycles. The van der Waals surface area contributed by atoms with Gasteiger partial charge in [0, 0.05) is 18.3 Å². The van der Waals surface area contributed by atoms with E-state index in [0.29, 0.717) is 5.13 Å². The summed E-state index contributed by atoms with van der Waals surface area (Å²) in [6, 6.07) is 9.93. The van der Waals surface area contributed by atoms with Crippen LogP contribution in [0.5, 0.6) is 0 Å². The summed E-state index contributed by atoms with van der Waals surface area (Å²) in [5.41, 5.74) is 1.98. The van der Waals surface area contributed by atoms with Crippen LogP contribution in [0.25, 0.3) is 0 Å². The van der Waals surface area contributed by atoms with E-state index in [1.807, 2.05) is 42.0 Å². The first-order chi connectivity index (χ1) is 10.9. The van der Waals surface area contributed by atoms with Gasteiger partial charge in [-0.05, 0) is 12.5 Å². The maximum Gasteiger partial charge on any atom is 0.336 e. The molecule has 0 fully saturated rings. The third-order valence-electron chi connectivity index (χ3n) is 2.94. The van der Waals surface area contributed by atoms with Crippen LogP contribution >= 0.6 is 11.3 Å². The Morgan fingerprint density at radius 2 is 2.00 bits per heavy atom. The van der Waals surface area contributed by atoms with Crippen LogP contribution in [0, 0.1) is 6.92 Å². The lowest BCUT2D eigenvalue weighted by atomic mass is 10.1. The Kier molecular flexibility index (Phi) is 5.83. The van der Waals surface area contributed by atoms with E-state index in [9.17, 15) is 13.2 Å². The van der Waals surface area contributed by atoms with Crippen molar-refractivity contribution in [3.8, 4) is 0 Å². The first-order valence-corrected chi connectivity index (χ1v) is 9.00. The number of aromatic nitrogens is 1. The number of benzene rings is 1. The zero-order valence-corrected chi connectivity index (χ0v) is 14.3. The third kappa shape index (κ3) is 5.39. The third-order valence-corrected chi connectivity index (χ3v) is 4.94. The quantitative estimate of drug-likeness (QED) is 0.784. The first kappa shape index (κ1) is 17.5. The number of anilines is 1. The van der Waals surface area contributed by atoms with Gasteiger partial charge in [-0.25, -0.2) is 9.17 Å². The van der Waals surface area contributed by atoms with Crippen LogP contribution in [0.3, 0.4) is 0 Å². The molecule has 0 atom stereocenters. The zero-order chi connectivity index (χ0) is 16.9. The number of hydrogen-bond acceptors (Lipinski definition) is 6. The van der Waals surface area contributed by atoms with Gasteiger partial charge in [0.05, 0.1) is 5.69 Å². The highest BCUT2D eigenvalue weighted by Gasteiger charge is 2.14. The molecule has 0 saturated heterocycles. The molecule has 0 bridgehead atoms. The van der Waals surface area contributed by atoms with E-state index in [-0.39, 0.29) is 0 Å². The molecule has 0 radical (unpaired) electrons. The van der Waals surface area contributed by atoms with E-state index in [4.69, 9.17) is 0 Å². The van der Waals surface area contributed by atoms with Gasteiger partial charge in [-0.3, -0.25) is 10.1 Å². The second-order valence-electron chi connectivity index (χ2n) is 4.66. The molecule has 1 aromatic heterocycles. The maximum atomic E-state index is 11.7. The Morgan fingerprint density at radius 3 is 2.65 bits per heavy atom. The highest BCUT2D eigenvalue weighted by atomic mass is 32.2. The minimum absolute atomic E-state index is 0.420. The van der Waals surface area contributed by atoms with Crippen LogP contribution in [0.4, 0.5) is 5.13 Å². The van der Waals surface area contributed by atoms with Gasteiger partial charge in [0.15, 0.2) is 5.13 Å². The number of hydrogen-bond donors (Lipinski definition) is 2. The van der Waals surface area contributed by atoms with Gasteiger partial charge < -0.3 is 0 Å². The van der Waals surface area contributed by atoms with Crippen molar-refractivity contribution < 1.29 is 17.4 Å². The number of nitrogens with zero attached hydrogens (tertiary/aromatic N) is 1. The van der Waals surface area contributed by atoms with E-state index in [1.54, 1.807) is 0 Å². The molecule has 1 amide bonds. The molecule has 9 heteroatoms. The maximum absolute atomic E-state index is 11.7. The van der Waals surface area contributed by atoms with E-state index in [2.05, 4.69) is 14.5 Å². The van der Waals surface area contributed by atoms with Gasteiger partial charge in [0.25, 0.3) is 5.91 Å². The van der Waals surface area contributed by atoms with Crippen LogP contribution in [0.2, 0.25) is 0 Å². The predicted octanol–water partition coefficient (Wildman–Crippen LogP) is 1.46. The van der Waals surface area contributed by atoms with Gasteiger partial charge in [-0.15, -0.1) is 11.3 Å².